The minimum absolute atomic E-state index is 0.448. The largest absolute Gasteiger partial charge is 0.397 e. The molecule has 0 saturated carbocycles. The van der Waals surface area contributed by atoms with E-state index < -0.39 is 5.91 Å². The van der Waals surface area contributed by atoms with Crippen LogP contribution in [0.5, 0.6) is 0 Å². The van der Waals surface area contributed by atoms with Gasteiger partial charge in [0.2, 0.25) is 5.91 Å². The van der Waals surface area contributed by atoms with Crippen molar-refractivity contribution in [3.05, 3.63) is 23.8 Å². The van der Waals surface area contributed by atoms with Gasteiger partial charge in [0.1, 0.15) is 0 Å². The molecule has 1 rings (SSSR count). The highest BCUT2D eigenvalue weighted by Gasteiger charge is 2.04. The van der Waals surface area contributed by atoms with Crippen LogP contribution in [0.1, 0.15) is 16.8 Å². The van der Waals surface area contributed by atoms with E-state index >= 15 is 0 Å². The summed E-state index contributed by atoms with van der Waals surface area (Å²) in [6, 6.07) is 4.93. The summed E-state index contributed by atoms with van der Waals surface area (Å²) >= 11 is 0. The molecule has 5 N–H and O–H groups in total. The Morgan fingerprint density at radius 1 is 1.50 bits per heavy atom. The van der Waals surface area contributed by atoms with E-state index in [9.17, 15) is 4.79 Å². The van der Waals surface area contributed by atoms with Gasteiger partial charge in [-0.15, -0.1) is 0 Å². The van der Waals surface area contributed by atoms with E-state index in [4.69, 9.17) is 16.2 Å². The lowest BCUT2D eigenvalue weighted by molar-refractivity contribution is 0.100. The molecule has 5 heteroatoms. The summed E-state index contributed by atoms with van der Waals surface area (Å²) in [5, 5.41) is 3.13. The fourth-order valence-corrected chi connectivity index (χ4v) is 1.30. The van der Waals surface area contributed by atoms with Crippen molar-refractivity contribution in [2.45, 2.75) is 6.42 Å². The van der Waals surface area contributed by atoms with Crippen molar-refractivity contribution in [3.8, 4) is 0 Å². The van der Waals surface area contributed by atoms with Gasteiger partial charge in [0, 0.05) is 25.8 Å². The molecule has 1 amide bonds. The zero-order chi connectivity index (χ0) is 12.0. The molecule has 0 unspecified atom stereocenters. The molecule has 0 aliphatic carbocycles. The second kappa shape index (κ2) is 5.97. The monoisotopic (exact) mass is 223 g/mol. The van der Waals surface area contributed by atoms with Gasteiger partial charge >= 0.3 is 0 Å². The number of benzene rings is 1. The summed E-state index contributed by atoms with van der Waals surface area (Å²) in [5.41, 5.74) is 12.7. The summed E-state index contributed by atoms with van der Waals surface area (Å²) in [6.07, 6.45) is 0.872. The van der Waals surface area contributed by atoms with Crippen molar-refractivity contribution in [3.63, 3.8) is 0 Å². The smallest absolute Gasteiger partial charge is 0.248 e. The Morgan fingerprint density at radius 2 is 2.25 bits per heavy atom. The molecule has 0 spiro atoms. The molecule has 5 nitrogen and oxygen atoms in total. The fourth-order valence-electron chi connectivity index (χ4n) is 1.30. The molecule has 0 bridgehead atoms. The van der Waals surface area contributed by atoms with Crippen LogP contribution in [0.25, 0.3) is 0 Å². The molecule has 0 heterocycles. The highest BCUT2D eigenvalue weighted by Crippen LogP contribution is 2.19. The molecule has 1 aromatic carbocycles. The first-order valence-electron chi connectivity index (χ1n) is 5.07. The van der Waals surface area contributed by atoms with Crippen molar-refractivity contribution < 1.29 is 9.53 Å². The van der Waals surface area contributed by atoms with Crippen LogP contribution in [0.15, 0.2) is 18.2 Å². The third kappa shape index (κ3) is 3.43. The third-order valence-electron chi connectivity index (χ3n) is 2.18. The Hall–Kier alpha value is -1.75. The van der Waals surface area contributed by atoms with E-state index in [0.717, 1.165) is 18.7 Å². The molecule has 0 aromatic heterocycles. The lowest BCUT2D eigenvalue weighted by atomic mass is 10.1. The molecular formula is C11H17N3O2. The lowest BCUT2D eigenvalue weighted by Gasteiger charge is -2.10. The second-order valence-electron chi connectivity index (χ2n) is 3.44. The summed E-state index contributed by atoms with van der Waals surface area (Å²) in [4.78, 5) is 11.0. The minimum atomic E-state index is -0.458. The van der Waals surface area contributed by atoms with Crippen molar-refractivity contribution in [2.75, 3.05) is 31.3 Å². The number of hydrogen-bond acceptors (Lipinski definition) is 4. The van der Waals surface area contributed by atoms with E-state index in [1.807, 2.05) is 0 Å². The van der Waals surface area contributed by atoms with Crippen LogP contribution >= 0.6 is 0 Å². The van der Waals surface area contributed by atoms with Gasteiger partial charge in [-0.2, -0.15) is 0 Å². The van der Waals surface area contributed by atoms with Crippen LogP contribution < -0.4 is 16.8 Å². The Morgan fingerprint density at radius 3 is 2.88 bits per heavy atom. The topological polar surface area (TPSA) is 90.4 Å². The van der Waals surface area contributed by atoms with E-state index in [-0.39, 0.29) is 0 Å². The SMILES string of the molecule is COCCCNc1cc(C(N)=O)ccc1N. The van der Waals surface area contributed by atoms with Crippen molar-refractivity contribution in [2.24, 2.45) is 5.73 Å². The molecule has 0 atom stereocenters. The maximum absolute atomic E-state index is 11.0. The normalized spacial score (nSPS) is 10.1. The van der Waals surface area contributed by atoms with E-state index in [1.165, 1.54) is 0 Å². The number of primary amides is 1. The highest BCUT2D eigenvalue weighted by molar-refractivity contribution is 5.94. The first kappa shape index (κ1) is 12.3. The molecule has 0 saturated heterocycles. The van der Waals surface area contributed by atoms with Crippen molar-refractivity contribution in [1.82, 2.24) is 0 Å². The van der Waals surface area contributed by atoms with Gasteiger partial charge in [0.25, 0.3) is 0 Å². The van der Waals surface area contributed by atoms with Crippen molar-refractivity contribution >= 4 is 17.3 Å². The molecule has 1 aromatic rings. The molecule has 0 aliphatic heterocycles. The number of nitrogens with one attached hydrogen (secondary N) is 1. The standard InChI is InChI=1S/C11H17N3O2/c1-16-6-2-5-14-10-7-8(11(13)15)3-4-9(10)12/h3-4,7,14H,2,5-6,12H2,1H3,(H2,13,15). The summed E-state index contributed by atoms with van der Waals surface area (Å²) < 4.78 is 4.93. The summed E-state index contributed by atoms with van der Waals surface area (Å²) in [6.45, 7) is 1.42. The lowest BCUT2D eigenvalue weighted by Crippen LogP contribution is -2.12. The van der Waals surface area contributed by atoms with E-state index in [0.29, 0.717) is 17.9 Å². The van der Waals surface area contributed by atoms with E-state index in [2.05, 4.69) is 5.32 Å². The second-order valence-corrected chi connectivity index (χ2v) is 3.44. The first-order chi connectivity index (χ1) is 7.65. The average Bonchev–Trinajstić information content (AvgIpc) is 2.26. The Kier molecular flexibility index (Phi) is 4.60. The summed E-state index contributed by atoms with van der Waals surface area (Å²) in [5.74, 6) is -0.458. The van der Waals surface area contributed by atoms with Gasteiger partial charge in [-0.3, -0.25) is 4.79 Å². The number of carbonyl (C=O) groups excluding carboxylic acids is 1. The minimum Gasteiger partial charge on any atom is -0.397 e. The number of anilines is 2. The van der Waals surface area contributed by atoms with Gasteiger partial charge < -0.3 is 21.5 Å². The Labute approximate surface area is 94.8 Å². The zero-order valence-electron chi connectivity index (χ0n) is 9.32. The third-order valence-corrected chi connectivity index (χ3v) is 2.18. The van der Waals surface area contributed by atoms with Crippen LogP contribution in [0.4, 0.5) is 11.4 Å². The van der Waals surface area contributed by atoms with E-state index in [1.54, 1.807) is 25.3 Å². The molecule has 0 fully saturated rings. The van der Waals surface area contributed by atoms with Crippen LogP contribution in [0, 0.1) is 0 Å². The molecule has 16 heavy (non-hydrogen) atoms. The zero-order valence-corrected chi connectivity index (χ0v) is 9.32. The fraction of sp³-hybridized carbons (Fsp3) is 0.364. The van der Waals surface area contributed by atoms with Gasteiger partial charge in [-0.05, 0) is 24.6 Å². The van der Waals surface area contributed by atoms with Crippen LogP contribution in [-0.4, -0.2) is 26.2 Å². The number of carbonyl (C=O) groups is 1. The maximum Gasteiger partial charge on any atom is 0.248 e. The maximum atomic E-state index is 11.0. The van der Waals surface area contributed by atoms with Crippen LogP contribution in [-0.2, 0) is 4.74 Å². The van der Waals surface area contributed by atoms with Gasteiger partial charge in [0.05, 0.1) is 11.4 Å². The number of nitrogen functional groups attached to an aromatic ring is 1. The molecule has 0 aliphatic rings. The first-order valence-corrected chi connectivity index (χ1v) is 5.07. The highest BCUT2D eigenvalue weighted by atomic mass is 16.5. The predicted octanol–water partition coefficient (Wildman–Crippen LogP) is 0.816. The number of nitrogens with two attached hydrogens (primary N) is 2. The average molecular weight is 223 g/mol. The van der Waals surface area contributed by atoms with Gasteiger partial charge in [-0.25, -0.2) is 0 Å². The van der Waals surface area contributed by atoms with Crippen molar-refractivity contribution in [1.29, 1.82) is 0 Å². The molecular weight excluding hydrogens is 206 g/mol. The van der Waals surface area contributed by atoms with Gasteiger partial charge in [-0.1, -0.05) is 0 Å². The number of ether oxygens (including phenoxy) is 1. The Bertz CT molecular complexity index is 366. The van der Waals surface area contributed by atoms with Gasteiger partial charge in [0.15, 0.2) is 0 Å². The van der Waals surface area contributed by atoms with Crippen LogP contribution in [0.3, 0.4) is 0 Å². The molecule has 0 radical (unpaired) electrons. The molecule has 88 valence electrons. The number of hydrogen-bond donors (Lipinski definition) is 3. The number of amides is 1. The summed E-state index contributed by atoms with van der Waals surface area (Å²) in [7, 11) is 1.65. The van der Waals surface area contributed by atoms with Crippen LogP contribution in [0.2, 0.25) is 0 Å². The Balaban J connectivity index is 2.63. The predicted molar refractivity (Wildman–Crippen MR) is 64.4 cm³/mol. The quantitative estimate of drug-likeness (QED) is 0.492. The number of methoxy groups -OCH3 is 1. The number of rotatable bonds is 6.